The Morgan fingerprint density at radius 1 is 1.11 bits per heavy atom. The molecule has 7 rings (SSSR count). The van der Waals surface area contributed by atoms with Gasteiger partial charge in [-0.1, -0.05) is 39.0 Å². The number of aromatic nitrogens is 2. The van der Waals surface area contributed by atoms with Crippen LogP contribution in [0.4, 0.5) is 4.79 Å². The second-order valence-electron chi connectivity index (χ2n) is 16.4. The molecule has 0 bridgehead atoms. The number of carbonyl (C=O) groups excluding carboxylic acids is 3. The Kier molecular flexibility index (Phi) is 9.74. The molecule has 3 amide bonds. The Bertz CT molecular complexity index is 2110. The summed E-state index contributed by atoms with van der Waals surface area (Å²) in [6.45, 7) is 12.6. The van der Waals surface area contributed by atoms with Crippen molar-refractivity contribution in [1.29, 1.82) is 0 Å². The molecule has 2 saturated carbocycles. The molecular weight excluding hydrogens is 711 g/mol. The zero-order valence-corrected chi connectivity index (χ0v) is 33.4. The van der Waals surface area contributed by atoms with Gasteiger partial charge in [-0.3, -0.25) is 14.3 Å². The summed E-state index contributed by atoms with van der Waals surface area (Å²) in [5, 5.41) is 3.87. The summed E-state index contributed by atoms with van der Waals surface area (Å²) in [4.78, 5) is 55.8. The number of allylic oxidation sites excluding steroid dienone is 2. The number of carbonyl (C=O) groups is 3. The minimum Gasteiger partial charge on any atom is -0.487 e. The van der Waals surface area contributed by atoms with E-state index < -0.39 is 44.2 Å². The van der Waals surface area contributed by atoms with Gasteiger partial charge >= 0.3 is 6.03 Å². The van der Waals surface area contributed by atoms with E-state index in [2.05, 4.69) is 25.5 Å². The Balaban J connectivity index is 1.23. The minimum absolute atomic E-state index is 0.169. The van der Waals surface area contributed by atoms with E-state index in [1.54, 1.807) is 35.1 Å². The predicted octanol–water partition coefficient (Wildman–Crippen LogP) is 6.92. The molecule has 284 valence electrons. The van der Waals surface area contributed by atoms with Crippen LogP contribution in [0.3, 0.4) is 0 Å². The molecule has 5 atom stereocenters. The first kappa shape index (κ1) is 37.5. The Morgan fingerprint density at radius 2 is 1.87 bits per heavy atom. The average Bonchev–Trinajstić information content (AvgIpc) is 3.91. The molecule has 53 heavy (non-hydrogen) atoms. The van der Waals surface area contributed by atoms with Crippen LogP contribution >= 0.6 is 11.3 Å². The van der Waals surface area contributed by atoms with Gasteiger partial charge in [0.1, 0.15) is 11.9 Å². The van der Waals surface area contributed by atoms with Gasteiger partial charge < -0.3 is 14.5 Å². The van der Waals surface area contributed by atoms with Gasteiger partial charge in [0.2, 0.25) is 15.9 Å². The number of hydrogen-bond donors (Lipinski definition) is 1. The molecule has 11 nitrogen and oxygen atoms in total. The molecule has 1 aromatic carbocycles. The average molecular weight is 762 g/mol. The van der Waals surface area contributed by atoms with Gasteiger partial charge in [0.15, 0.2) is 5.78 Å². The van der Waals surface area contributed by atoms with E-state index in [0.717, 1.165) is 52.0 Å². The summed E-state index contributed by atoms with van der Waals surface area (Å²) in [7, 11) is -2.14. The van der Waals surface area contributed by atoms with Crippen molar-refractivity contribution in [3.8, 4) is 17.1 Å². The fourth-order valence-electron chi connectivity index (χ4n) is 7.85. The van der Waals surface area contributed by atoms with Crippen LogP contribution in [-0.4, -0.2) is 82.9 Å². The first-order chi connectivity index (χ1) is 25.0. The first-order valence-electron chi connectivity index (χ1n) is 18.9. The van der Waals surface area contributed by atoms with Gasteiger partial charge in [-0.15, -0.1) is 11.3 Å². The monoisotopic (exact) mass is 761 g/mol. The molecule has 13 heteroatoms. The third kappa shape index (κ3) is 6.88. The maximum atomic E-state index is 14.6. The number of fused-ring (bicyclic) bond motifs is 3. The highest BCUT2D eigenvalue weighted by Crippen LogP contribution is 2.58. The summed E-state index contributed by atoms with van der Waals surface area (Å²) >= 11 is 1.60. The van der Waals surface area contributed by atoms with Gasteiger partial charge in [-0.25, -0.2) is 23.2 Å². The molecule has 0 spiro atoms. The van der Waals surface area contributed by atoms with Crippen molar-refractivity contribution < 1.29 is 27.5 Å². The maximum absolute atomic E-state index is 14.6. The molecule has 2 aliphatic heterocycles. The van der Waals surface area contributed by atoms with E-state index in [1.165, 1.54) is 0 Å². The second kappa shape index (κ2) is 13.8. The van der Waals surface area contributed by atoms with Gasteiger partial charge in [-0.05, 0) is 82.4 Å². The van der Waals surface area contributed by atoms with Gasteiger partial charge in [0.05, 0.1) is 44.7 Å². The Labute approximate surface area is 316 Å². The van der Waals surface area contributed by atoms with Crippen LogP contribution in [-0.2, 0) is 19.6 Å². The standard InChI is InChI=1S/C40H51N5O6S2/c1-23(2)36-42-30(22-52-36)29-18-32(28-14-13-24(3)25(4)34(28)41-29)51-33-21-45-35(26(33)5)31(46)20-40(37(47)43-53(49,50)39(6)15-16-39)19-27(40)12-10-8-9-11-17-44(7)38(45)48/h10,12-14,18,22-23,26-27,33,35H,8-9,11,15-17,19-21H2,1-7H3,(H,43,47)/b12-10-/t26-,27-,33+,35+,40-/m1/s1. The van der Waals surface area contributed by atoms with Crippen LogP contribution in [0.15, 0.2) is 35.7 Å². The van der Waals surface area contributed by atoms with E-state index >= 15 is 0 Å². The van der Waals surface area contributed by atoms with Gasteiger partial charge in [0, 0.05) is 48.7 Å². The van der Waals surface area contributed by atoms with Crippen molar-refractivity contribution in [2.75, 3.05) is 20.1 Å². The van der Waals surface area contributed by atoms with Crippen LogP contribution in [0.2, 0.25) is 0 Å². The number of nitrogens with one attached hydrogen (secondary N) is 1. The van der Waals surface area contributed by atoms with Gasteiger partial charge in [-0.2, -0.15) is 0 Å². The number of Topliss-reactive ketones (excluding diaryl/α,β-unsaturated/α-hetero) is 1. The lowest BCUT2D eigenvalue weighted by Crippen LogP contribution is -2.50. The number of sulfonamides is 1. The molecule has 4 heterocycles. The van der Waals surface area contributed by atoms with Crippen LogP contribution < -0.4 is 9.46 Å². The number of benzene rings is 1. The molecule has 0 unspecified atom stereocenters. The Morgan fingerprint density at radius 3 is 2.57 bits per heavy atom. The summed E-state index contributed by atoms with van der Waals surface area (Å²) in [6.07, 6.45) is 7.04. The minimum atomic E-state index is -3.90. The number of ether oxygens (including phenoxy) is 1. The number of thiazole rings is 1. The van der Waals surface area contributed by atoms with Crippen molar-refractivity contribution in [2.45, 2.75) is 109 Å². The van der Waals surface area contributed by atoms with Crippen LogP contribution in [0, 0.1) is 31.1 Å². The van der Waals surface area contributed by atoms with Gasteiger partial charge in [0.25, 0.3) is 0 Å². The largest absolute Gasteiger partial charge is 0.487 e. The summed E-state index contributed by atoms with van der Waals surface area (Å²) in [6, 6.07) is 4.83. The summed E-state index contributed by atoms with van der Waals surface area (Å²) < 4.78 is 34.6. The smallest absolute Gasteiger partial charge is 0.320 e. The number of pyridine rings is 1. The maximum Gasteiger partial charge on any atom is 0.320 e. The number of nitrogens with zero attached hydrogens (tertiary/aromatic N) is 4. The molecular formula is C40H51N5O6S2. The number of urea groups is 1. The zero-order chi connectivity index (χ0) is 38.0. The SMILES string of the molecule is Cc1ccc2c(O[C@H]3CN4C(=O)N(C)CCCC/C=C\[C@@H]5C[C@@]5(C(=O)NS(=O)(=O)C5(C)CC5)CC(=O)[C@@H]4[C@@H]3C)cc(-c3csc(C(C)C)n3)nc2c1C. The highest BCUT2D eigenvalue weighted by Gasteiger charge is 2.63. The summed E-state index contributed by atoms with van der Waals surface area (Å²) in [5.74, 6) is -0.703. The van der Waals surface area contributed by atoms with Crippen molar-refractivity contribution in [3.63, 3.8) is 0 Å². The lowest BCUT2D eigenvalue weighted by Gasteiger charge is -2.31. The van der Waals surface area contributed by atoms with Crippen molar-refractivity contribution >= 4 is 50.0 Å². The third-order valence-electron chi connectivity index (χ3n) is 12.1. The van der Waals surface area contributed by atoms with E-state index in [9.17, 15) is 22.8 Å². The fourth-order valence-corrected chi connectivity index (χ4v) is 10.0. The van der Waals surface area contributed by atoms with Crippen molar-refractivity contribution in [2.24, 2.45) is 17.3 Å². The normalized spacial score (nSPS) is 28.0. The quantitative estimate of drug-likeness (QED) is 0.256. The van der Waals surface area contributed by atoms with Crippen molar-refractivity contribution in [3.05, 3.63) is 51.9 Å². The zero-order valence-electron chi connectivity index (χ0n) is 31.8. The second-order valence-corrected chi connectivity index (χ2v) is 19.5. The lowest BCUT2D eigenvalue weighted by molar-refractivity contribution is -0.132. The molecule has 3 fully saturated rings. The molecule has 0 radical (unpaired) electrons. The van der Waals surface area contributed by atoms with Crippen molar-refractivity contribution in [1.82, 2.24) is 24.5 Å². The first-order valence-corrected chi connectivity index (χ1v) is 21.2. The number of amides is 3. The summed E-state index contributed by atoms with van der Waals surface area (Å²) in [5.41, 5.74) is 3.21. The fraction of sp³-hybridized carbons (Fsp3) is 0.575. The molecule has 3 aromatic rings. The van der Waals surface area contributed by atoms with E-state index in [0.29, 0.717) is 37.3 Å². The molecule has 2 aliphatic carbocycles. The molecule has 4 aliphatic rings. The van der Waals surface area contributed by atoms with Crippen LogP contribution in [0.1, 0.15) is 94.7 Å². The van der Waals surface area contributed by atoms with E-state index in [4.69, 9.17) is 14.7 Å². The molecule has 1 N–H and O–H groups in total. The van der Waals surface area contributed by atoms with E-state index in [1.807, 2.05) is 49.6 Å². The molecule has 1 saturated heterocycles. The number of hydrogen-bond acceptors (Lipinski definition) is 9. The third-order valence-corrected chi connectivity index (χ3v) is 15.4. The predicted molar refractivity (Wildman–Crippen MR) is 206 cm³/mol. The highest BCUT2D eigenvalue weighted by molar-refractivity contribution is 7.91. The number of aryl methyl sites for hydroxylation is 2. The van der Waals surface area contributed by atoms with E-state index in [-0.39, 0.29) is 36.6 Å². The lowest BCUT2D eigenvalue weighted by atomic mass is 9.87. The topological polar surface area (TPSA) is 139 Å². The van der Waals surface area contributed by atoms with Crippen LogP contribution in [0.5, 0.6) is 5.75 Å². The Hall–Kier alpha value is -3.84. The number of rotatable bonds is 7. The number of ketones is 1. The molecule has 2 aromatic heterocycles. The highest BCUT2D eigenvalue weighted by atomic mass is 32.2. The van der Waals surface area contributed by atoms with Crippen LogP contribution in [0.25, 0.3) is 22.3 Å².